The van der Waals surface area contributed by atoms with Gasteiger partial charge in [0.2, 0.25) is 0 Å². The van der Waals surface area contributed by atoms with E-state index >= 15 is 0 Å². The van der Waals surface area contributed by atoms with Gasteiger partial charge in [0.1, 0.15) is 12.1 Å². The molecule has 1 aliphatic heterocycles. The van der Waals surface area contributed by atoms with E-state index in [0.717, 1.165) is 11.2 Å². The number of hydrogen-bond donors (Lipinski definition) is 1. The minimum absolute atomic E-state index is 0.125. The van der Waals surface area contributed by atoms with E-state index < -0.39 is 27.3 Å². The fourth-order valence-corrected chi connectivity index (χ4v) is 2.77. The van der Waals surface area contributed by atoms with Crippen molar-refractivity contribution in [2.24, 2.45) is 0 Å². The van der Waals surface area contributed by atoms with Crippen LogP contribution in [-0.2, 0) is 20.2 Å². The third kappa shape index (κ3) is 2.48. The number of sulfone groups is 1. The molecular formula is C13H13N3O4S. The third-order valence-electron chi connectivity index (χ3n) is 3.36. The molecule has 1 aromatic carbocycles. The summed E-state index contributed by atoms with van der Waals surface area (Å²) < 4.78 is 22.8. The van der Waals surface area contributed by atoms with Gasteiger partial charge in [-0.3, -0.25) is 4.79 Å². The van der Waals surface area contributed by atoms with Crippen LogP contribution < -0.4 is 5.32 Å². The van der Waals surface area contributed by atoms with Crippen molar-refractivity contribution in [3.05, 3.63) is 29.8 Å². The SMILES string of the molecule is CC1(c2ccc(S(C)(=O)=O)cc2)NC(=O)N(CC#N)C1=O. The average molecular weight is 307 g/mol. The van der Waals surface area contributed by atoms with Crippen LogP contribution in [0.5, 0.6) is 0 Å². The second kappa shape index (κ2) is 4.86. The maximum absolute atomic E-state index is 12.3. The number of carbonyl (C=O) groups excluding carboxylic acids is 2. The first-order valence-corrected chi connectivity index (χ1v) is 7.91. The fourth-order valence-electron chi connectivity index (χ4n) is 2.14. The van der Waals surface area contributed by atoms with Crippen molar-refractivity contribution < 1.29 is 18.0 Å². The maximum atomic E-state index is 12.3. The largest absolute Gasteiger partial charge is 0.326 e. The molecule has 1 atom stereocenters. The van der Waals surface area contributed by atoms with E-state index in [1.807, 2.05) is 0 Å². The van der Waals surface area contributed by atoms with Crippen LogP contribution in [0.3, 0.4) is 0 Å². The molecule has 0 spiro atoms. The van der Waals surface area contributed by atoms with E-state index in [-0.39, 0.29) is 11.4 Å². The van der Waals surface area contributed by atoms with E-state index in [2.05, 4.69) is 5.32 Å². The van der Waals surface area contributed by atoms with Crippen LogP contribution in [0.25, 0.3) is 0 Å². The summed E-state index contributed by atoms with van der Waals surface area (Å²) in [5.74, 6) is -0.541. The van der Waals surface area contributed by atoms with Crippen molar-refractivity contribution in [2.75, 3.05) is 12.8 Å². The number of hydrogen-bond acceptors (Lipinski definition) is 5. The Hall–Kier alpha value is -2.40. The summed E-state index contributed by atoms with van der Waals surface area (Å²) in [5, 5.41) is 11.2. The number of carbonyl (C=O) groups is 2. The van der Waals surface area contributed by atoms with Crippen LogP contribution in [0.4, 0.5) is 4.79 Å². The maximum Gasteiger partial charge on any atom is 0.326 e. The molecule has 110 valence electrons. The first-order chi connectivity index (χ1) is 9.70. The first kappa shape index (κ1) is 15.0. The number of urea groups is 1. The van der Waals surface area contributed by atoms with Crippen molar-refractivity contribution in [1.29, 1.82) is 5.26 Å². The number of nitrogens with one attached hydrogen (secondary N) is 1. The number of nitrogens with zero attached hydrogens (tertiary/aromatic N) is 2. The standard InChI is InChI=1S/C13H13N3O4S/c1-13(11(17)16(8-7-14)12(18)15-13)9-3-5-10(6-4-9)21(2,19)20/h3-6H,8H2,1-2H3,(H,15,18). The van der Waals surface area contributed by atoms with E-state index in [9.17, 15) is 18.0 Å². The zero-order chi connectivity index (χ0) is 15.8. The fraction of sp³-hybridized carbons (Fsp3) is 0.308. The third-order valence-corrected chi connectivity index (χ3v) is 4.49. The lowest BCUT2D eigenvalue weighted by Crippen LogP contribution is -2.40. The molecule has 1 fully saturated rings. The highest BCUT2D eigenvalue weighted by atomic mass is 32.2. The summed E-state index contributed by atoms with van der Waals surface area (Å²) in [4.78, 5) is 25.0. The molecule has 1 N–H and O–H groups in total. The van der Waals surface area contributed by atoms with Crippen molar-refractivity contribution >= 4 is 21.8 Å². The minimum Gasteiger partial charge on any atom is -0.319 e. The van der Waals surface area contributed by atoms with Gasteiger partial charge in [-0.15, -0.1) is 0 Å². The second-order valence-electron chi connectivity index (χ2n) is 4.90. The Bertz CT molecular complexity index is 749. The molecule has 3 amide bonds. The quantitative estimate of drug-likeness (QED) is 0.641. The average Bonchev–Trinajstić information content (AvgIpc) is 2.63. The van der Waals surface area contributed by atoms with Gasteiger partial charge in [0, 0.05) is 6.26 Å². The molecule has 0 saturated carbocycles. The van der Waals surface area contributed by atoms with Gasteiger partial charge in [-0.05, 0) is 24.6 Å². The molecule has 2 rings (SSSR count). The Morgan fingerprint density at radius 2 is 1.86 bits per heavy atom. The van der Waals surface area contributed by atoms with Crippen LogP contribution in [0.1, 0.15) is 12.5 Å². The van der Waals surface area contributed by atoms with Gasteiger partial charge in [0.15, 0.2) is 9.84 Å². The lowest BCUT2D eigenvalue weighted by atomic mass is 9.92. The first-order valence-electron chi connectivity index (χ1n) is 6.02. The Morgan fingerprint density at radius 3 is 2.33 bits per heavy atom. The van der Waals surface area contributed by atoms with E-state index in [1.165, 1.54) is 31.2 Å². The summed E-state index contributed by atoms with van der Waals surface area (Å²) >= 11 is 0. The van der Waals surface area contributed by atoms with Gasteiger partial charge >= 0.3 is 6.03 Å². The zero-order valence-corrected chi connectivity index (χ0v) is 12.3. The smallest absolute Gasteiger partial charge is 0.319 e. The van der Waals surface area contributed by atoms with Crippen molar-refractivity contribution in [1.82, 2.24) is 10.2 Å². The Kier molecular flexibility index (Phi) is 3.47. The zero-order valence-electron chi connectivity index (χ0n) is 11.5. The highest BCUT2D eigenvalue weighted by molar-refractivity contribution is 7.90. The predicted molar refractivity (Wildman–Crippen MR) is 72.8 cm³/mol. The number of benzene rings is 1. The molecule has 0 bridgehead atoms. The Balaban J connectivity index is 2.40. The molecule has 7 nitrogen and oxygen atoms in total. The molecule has 8 heteroatoms. The van der Waals surface area contributed by atoms with Crippen LogP contribution in [0, 0.1) is 11.3 Å². The van der Waals surface area contributed by atoms with Crippen molar-refractivity contribution in [3.8, 4) is 6.07 Å². The topological polar surface area (TPSA) is 107 Å². The second-order valence-corrected chi connectivity index (χ2v) is 6.92. The van der Waals surface area contributed by atoms with Crippen LogP contribution in [-0.4, -0.2) is 38.1 Å². The normalized spacial score (nSPS) is 22.0. The number of imide groups is 1. The van der Waals surface area contributed by atoms with Gasteiger partial charge < -0.3 is 5.32 Å². The summed E-state index contributed by atoms with van der Waals surface area (Å²) in [6.45, 7) is 1.18. The summed E-state index contributed by atoms with van der Waals surface area (Å²) in [6, 6.07) is 6.82. The number of rotatable bonds is 3. The highest BCUT2D eigenvalue weighted by Crippen LogP contribution is 2.29. The molecule has 1 saturated heterocycles. The summed E-state index contributed by atoms with van der Waals surface area (Å²) in [6.07, 6.45) is 1.08. The molecular weight excluding hydrogens is 294 g/mol. The highest BCUT2D eigenvalue weighted by Gasteiger charge is 2.48. The molecule has 1 aliphatic rings. The van der Waals surface area contributed by atoms with Crippen molar-refractivity contribution in [2.45, 2.75) is 17.4 Å². The minimum atomic E-state index is -3.33. The van der Waals surface area contributed by atoms with Crippen molar-refractivity contribution in [3.63, 3.8) is 0 Å². The monoisotopic (exact) mass is 307 g/mol. The van der Waals surface area contributed by atoms with E-state index in [1.54, 1.807) is 6.07 Å². The summed E-state index contributed by atoms with van der Waals surface area (Å²) in [5.41, 5.74) is -0.849. The number of nitriles is 1. The molecule has 21 heavy (non-hydrogen) atoms. The number of amides is 3. The van der Waals surface area contributed by atoms with Gasteiger partial charge in [0.25, 0.3) is 5.91 Å². The lowest BCUT2D eigenvalue weighted by Gasteiger charge is -2.22. The van der Waals surface area contributed by atoms with Crippen LogP contribution in [0.15, 0.2) is 29.2 Å². The van der Waals surface area contributed by atoms with Gasteiger partial charge in [-0.2, -0.15) is 5.26 Å². The molecule has 0 radical (unpaired) electrons. The summed E-state index contributed by atoms with van der Waals surface area (Å²) in [7, 11) is -3.33. The predicted octanol–water partition coefficient (Wildman–Crippen LogP) is 0.381. The van der Waals surface area contributed by atoms with Gasteiger partial charge in [-0.1, -0.05) is 12.1 Å². The van der Waals surface area contributed by atoms with Crippen LogP contribution in [0.2, 0.25) is 0 Å². The van der Waals surface area contributed by atoms with Gasteiger partial charge in [0.05, 0.1) is 11.0 Å². The molecule has 1 aromatic rings. The Morgan fingerprint density at radius 1 is 1.29 bits per heavy atom. The van der Waals surface area contributed by atoms with Crippen LogP contribution >= 0.6 is 0 Å². The lowest BCUT2D eigenvalue weighted by molar-refractivity contribution is -0.130. The molecule has 0 aromatic heterocycles. The molecule has 1 unspecified atom stereocenters. The van der Waals surface area contributed by atoms with Gasteiger partial charge in [-0.25, -0.2) is 18.1 Å². The molecule has 1 heterocycles. The van der Waals surface area contributed by atoms with E-state index in [4.69, 9.17) is 5.26 Å². The Labute approximate surface area is 122 Å². The molecule has 0 aliphatic carbocycles. The van der Waals surface area contributed by atoms with E-state index in [0.29, 0.717) is 5.56 Å².